The van der Waals surface area contributed by atoms with Crippen LogP contribution in [0.15, 0.2) is 28.4 Å². The van der Waals surface area contributed by atoms with E-state index in [0.29, 0.717) is 32.1 Å². The number of piperazine rings is 1. The van der Waals surface area contributed by atoms with Crippen LogP contribution < -0.4 is 4.90 Å². The van der Waals surface area contributed by atoms with Gasteiger partial charge in [-0.1, -0.05) is 0 Å². The average Bonchev–Trinajstić information content (AvgIpc) is 2.72. The van der Waals surface area contributed by atoms with Crippen LogP contribution in [0.4, 0.5) is 17.1 Å². The zero-order valence-electron chi connectivity index (χ0n) is 16.5. The van der Waals surface area contributed by atoms with Gasteiger partial charge in [-0.3, -0.25) is 10.1 Å². The van der Waals surface area contributed by atoms with E-state index in [-0.39, 0.29) is 17.4 Å². The minimum Gasteiger partial charge on any atom is -0.369 e. The van der Waals surface area contributed by atoms with Crippen LogP contribution in [0, 0.1) is 16.0 Å². The molecule has 0 aromatic heterocycles. The minimum atomic E-state index is -3.20. The molecule has 0 spiro atoms. The second-order valence-corrected chi connectivity index (χ2v) is 9.98. The predicted molar refractivity (Wildman–Crippen MR) is 109 cm³/mol. The number of nitrogens with zero attached hydrogens (tertiary/aromatic N) is 6. The number of azo groups is 1. The summed E-state index contributed by atoms with van der Waals surface area (Å²) < 4.78 is 24.8. The first kappa shape index (κ1) is 20.2. The average molecular weight is 423 g/mol. The van der Waals surface area contributed by atoms with Gasteiger partial charge in [0.1, 0.15) is 0 Å². The molecule has 0 radical (unpaired) electrons. The lowest BCUT2D eigenvalue weighted by Crippen LogP contribution is -2.49. The Bertz CT molecular complexity index is 905. The Morgan fingerprint density at radius 2 is 1.79 bits per heavy atom. The second kappa shape index (κ2) is 7.96. The standard InChI is InChI=1S/C18H26N6O4S/c1-29(27,28)23-10-8-22(9-11-23)15-2-3-18(24(25)26)16(12-15)19-20-17-13-21-6-4-14(17)5-7-21/h2-3,12,14,17H,4-11,13H2,1H3. The highest BCUT2D eigenvalue weighted by Gasteiger charge is 2.34. The molecule has 1 atom stereocenters. The van der Waals surface area contributed by atoms with Crippen molar-refractivity contribution in [2.45, 2.75) is 18.9 Å². The number of hydrogen-bond donors (Lipinski definition) is 0. The van der Waals surface area contributed by atoms with Crippen molar-refractivity contribution < 1.29 is 13.3 Å². The van der Waals surface area contributed by atoms with Gasteiger partial charge in [-0.25, -0.2) is 8.42 Å². The van der Waals surface area contributed by atoms with E-state index in [1.807, 2.05) is 4.90 Å². The quantitative estimate of drug-likeness (QED) is 0.407. The lowest BCUT2D eigenvalue weighted by atomic mass is 9.84. The third-order valence-electron chi connectivity index (χ3n) is 6.16. The molecule has 4 saturated heterocycles. The van der Waals surface area contributed by atoms with E-state index in [0.717, 1.165) is 38.2 Å². The number of fused-ring (bicyclic) bond motifs is 3. The van der Waals surface area contributed by atoms with Gasteiger partial charge in [0.15, 0.2) is 5.69 Å². The van der Waals surface area contributed by atoms with Crippen LogP contribution in [0.25, 0.3) is 0 Å². The normalized spacial score (nSPS) is 28.2. The number of rotatable bonds is 5. The molecule has 1 unspecified atom stereocenters. The second-order valence-electron chi connectivity index (χ2n) is 8.00. The number of hydrogen-bond acceptors (Lipinski definition) is 8. The molecule has 0 saturated carbocycles. The topological polar surface area (TPSA) is 112 Å². The van der Waals surface area contributed by atoms with Crippen molar-refractivity contribution in [3.63, 3.8) is 0 Å². The number of benzene rings is 1. The van der Waals surface area contributed by atoms with Crippen molar-refractivity contribution in [3.8, 4) is 0 Å². The fourth-order valence-corrected chi connectivity index (χ4v) is 5.25. The van der Waals surface area contributed by atoms with E-state index in [2.05, 4.69) is 15.1 Å². The Labute approximate surface area is 170 Å². The largest absolute Gasteiger partial charge is 0.369 e. The van der Waals surface area contributed by atoms with E-state index in [1.54, 1.807) is 12.1 Å². The van der Waals surface area contributed by atoms with Gasteiger partial charge < -0.3 is 9.80 Å². The van der Waals surface area contributed by atoms with Crippen LogP contribution in [0.3, 0.4) is 0 Å². The number of piperidine rings is 3. The molecule has 0 aliphatic carbocycles. The molecule has 1 aromatic rings. The van der Waals surface area contributed by atoms with Gasteiger partial charge in [-0.15, -0.1) is 5.11 Å². The first-order valence-corrected chi connectivity index (χ1v) is 11.8. The Morgan fingerprint density at radius 1 is 1.10 bits per heavy atom. The Kier molecular flexibility index (Phi) is 5.54. The number of anilines is 1. The maximum absolute atomic E-state index is 11.7. The molecule has 4 aliphatic rings. The summed E-state index contributed by atoms with van der Waals surface area (Å²) in [5.41, 5.74) is 0.995. The maximum Gasteiger partial charge on any atom is 0.296 e. The zero-order chi connectivity index (χ0) is 20.6. The maximum atomic E-state index is 11.7. The minimum absolute atomic E-state index is 0.0615. The molecular weight excluding hydrogens is 396 g/mol. The summed E-state index contributed by atoms with van der Waals surface area (Å²) in [6.45, 7) is 4.92. The third-order valence-corrected chi connectivity index (χ3v) is 7.47. The molecule has 4 heterocycles. The van der Waals surface area contributed by atoms with Crippen molar-refractivity contribution in [3.05, 3.63) is 28.3 Å². The lowest BCUT2D eigenvalue weighted by molar-refractivity contribution is -0.384. The molecule has 1 aromatic carbocycles. The summed E-state index contributed by atoms with van der Waals surface area (Å²) in [6.07, 6.45) is 3.42. The number of nitro groups is 1. The zero-order valence-corrected chi connectivity index (χ0v) is 17.3. The highest BCUT2D eigenvalue weighted by atomic mass is 32.2. The van der Waals surface area contributed by atoms with Crippen LogP contribution in [0.5, 0.6) is 0 Å². The Morgan fingerprint density at radius 3 is 2.34 bits per heavy atom. The van der Waals surface area contributed by atoms with E-state index >= 15 is 0 Å². The van der Waals surface area contributed by atoms with Crippen molar-refractivity contribution in [2.75, 3.05) is 57.0 Å². The summed E-state index contributed by atoms with van der Waals surface area (Å²) in [5.74, 6) is 0.509. The molecule has 10 nitrogen and oxygen atoms in total. The highest BCUT2D eigenvalue weighted by Crippen LogP contribution is 2.35. The molecular formula is C18H26N6O4S. The fourth-order valence-electron chi connectivity index (χ4n) is 4.42. The van der Waals surface area contributed by atoms with Crippen LogP contribution in [0.2, 0.25) is 0 Å². The van der Waals surface area contributed by atoms with Crippen molar-refractivity contribution in [1.29, 1.82) is 0 Å². The number of sulfonamides is 1. The van der Waals surface area contributed by atoms with E-state index in [1.165, 1.54) is 16.6 Å². The summed E-state index contributed by atoms with van der Waals surface area (Å²) in [7, 11) is -3.20. The van der Waals surface area contributed by atoms with E-state index in [9.17, 15) is 18.5 Å². The summed E-state index contributed by atoms with van der Waals surface area (Å²) >= 11 is 0. The van der Waals surface area contributed by atoms with Gasteiger partial charge in [0.05, 0.1) is 17.2 Å². The number of nitro benzene ring substituents is 1. The van der Waals surface area contributed by atoms with E-state index < -0.39 is 14.9 Å². The van der Waals surface area contributed by atoms with Crippen LogP contribution in [0.1, 0.15) is 12.8 Å². The highest BCUT2D eigenvalue weighted by molar-refractivity contribution is 7.88. The Balaban J connectivity index is 1.52. The third kappa shape index (κ3) is 4.41. The smallest absolute Gasteiger partial charge is 0.296 e. The van der Waals surface area contributed by atoms with E-state index in [4.69, 9.17) is 0 Å². The van der Waals surface area contributed by atoms with Crippen LogP contribution in [-0.2, 0) is 10.0 Å². The van der Waals surface area contributed by atoms with Crippen molar-refractivity contribution in [1.82, 2.24) is 9.21 Å². The molecule has 4 fully saturated rings. The van der Waals surface area contributed by atoms with Crippen LogP contribution >= 0.6 is 0 Å². The molecule has 5 rings (SSSR count). The monoisotopic (exact) mass is 422 g/mol. The van der Waals surface area contributed by atoms with Crippen molar-refractivity contribution in [2.24, 2.45) is 16.1 Å². The summed E-state index contributed by atoms with van der Waals surface area (Å²) in [5, 5.41) is 20.2. The molecule has 158 valence electrons. The van der Waals surface area contributed by atoms with Gasteiger partial charge in [-0.2, -0.15) is 9.42 Å². The Hall–Kier alpha value is -2.11. The van der Waals surface area contributed by atoms with Gasteiger partial charge in [0.2, 0.25) is 10.0 Å². The predicted octanol–water partition coefficient (Wildman–Crippen LogP) is 1.85. The van der Waals surface area contributed by atoms with Gasteiger partial charge in [-0.05, 0) is 44.0 Å². The molecule has 4 aliphatic heterocycles. The van der Waals surface area contributed by atoms with Gasteiger partial charge in [0.25, 0.3) is 5.69 Å². The molecule has 0 N–H and O–H groups in total. The van der Waals surface area contributed by atoms with Gasteiger partial charge in [0, 0.05) is 44.5 Å². The first-order chi connectivity index (χ1) is 13.8. The van der Waals surface area contributed by atoms with Crippen LogP contribution in [-0.4, -0.2) is 80.7 Å². The van der Waals surface area contributed by atoms with Crippen molar-refractivity contribution >= 4 is 27.1 Å². The lowest BCUT2D eigenvalue weighted by Gasteiger charge is -2.42. The summed E-state index contributed by atoms with van der Waals surface area (Å²) in [4.78, 5) is 15.4. The molecule has 11 heteroatoms. The first-order valence-electron chi connectivity index (χ1n) is 9.93. The summed E-state index contributed by atoms with van der Waals surface area (Å²) in [6, 6.07) is 4.95. The fraction of sp³-hybridized carbons (Fsp3) is 0.667. The van der Waals surface area contributed by atoms with Gasteiger partial charge >= 0.3 is 0 Å². The molecule has 2 bridgehead atoms. The SMILES string of the molecule is CS(=O)(=O)N1CCN(c2ccc([N+](=O)[O-])c(N=NC3CN4CCC3CC4)c2)CC1. The molecule has 29 heavy (non-hydrogen) atoms. The molecule has 0 amide bonds.